The standard InChI is InChI=1S/C9H8ClN2O6PS/c10-5-3-6-4(1-7(5)12-20(17)18)2-8(9(13)11-6)19(14,15)16/h1-3,12H,(H,11,13)(H,17,18)(H2,14,15,16)/p-1. The van der Waals surface area contributed by atoms with Gasteiger partial charge in [-0.05, 0) is 18.2 Å². The van der Waals surface area contributed by atoms with Crippen molar-refractivity contribution in [3.63, 3.8) is 0 Å². The average Bonchev–Trinajstić information content (AvgIpc) is 2.27. The Kier molecular flexibility index (Phi) is 4.01. The predicted octanol–water partition coefficient (Wildman–Crippen LogP) is 0.190. The number of benzene rings is 1. The van der Waals surface area contributed by atoms with Crippen molar-refractivity contribution < 1.29 is 23.1 Å². The van der Waals surface area contributed by atoms with Crippen LogP contribution in [-0.4, -0.2) is 23.5 Å². The monoisotopic (exact) mass is 337 g/mol. The fraction of sp³-hybridized carbons (Fsp3) is 0. The molecule has 2 aromatic rings. The van der Waals surface area contributed by atoms with E-state index in [2.05, 4.69) is 4.98 Å². The zero-order valence-electron chi connectivity index (χ0n) is 9.49. The van der Waals surface area contributed by atoms with Crippen molar-refractivity contribution in [2.24, 2.45) is 0 Å². The molecular formula is C9H7ClN2O6PS-. The van der Waals surface area contributed by atoms with Crippen LogP contribution < -0.4 is 15.6 Å². The van der Waals surface area contributed by atoms with Crippen LogP contribution in [0.25, 0.3) is 10.9 Å². The highest BCUT2D eigenvalue weighted by Gasteiger charge is 2.22. The fourth-order valence-corrected chi connectivity index (χ4v) is 2.84. The topological polar surface area (TPSA) is 143 Å². The number of rotatable bonds is 3. The summed E-state index contributed by atoms with van der Waals surface area (Å²) in [6, 6.07) is 3.52. The second-order valence-corrected chi connectivity index (χ2v) is 6.43. The van der Waals surface area contributed by atoms with Crippen molar-refractivity contribution in [2.45, 2.75) is 0 Å². The number of hydrogen-bond acceptors (Lipinski definition) is 4. The molecule has 20 heavy (non-hydrogen) atoms. The van der Waals surface area contributed by atoms with E-state index in [0.29, 0.717) is 0 Å². The second kappa shape index (κ2) is 5.28. The Labute approximate surface area is 119 Å². The van der Waals surface area contributed by atoms with E-state index in [-0.39, 0.29) is 21.6 Å². The van der Waals surface area contributed by atoms with Crippen LogP contribution in [0.15, 0.2) is 23.0 Å². The molecule has 4 N–H and O–H groups in total. The van der Waals surface area contributed by atoms with Crippen molar-refractivity contribution in [1.82, 2.24) is 4.98 Å². The van der Waals surface area contributed by atoms with Crippen LogP contribution in [0.1, 0.15) is 0 Å². The first-order valence-corrected chi connectivity index (χ1v) is 8.03. The summed E-state index contributed by atoms with van der Waals surface area (Å²) in [6.07, 6.45) is 0. The van der Waals surface area contributed by atoms with E-state index in [1.54, 1.807) is 0 Å². The van der Waals surface area contributed by atoms with Crippen LogP contribution in [0.5, 0.6) is 0 Å². The van der Waals surface area contributed by atoms with E-state index in [4.69, 9.17) is 21.4 Å². The summed E-state index contributed by atoms with van der Waals surface area (Å²) in [5.41, 5.74) is -0.689. The maximum absolute atomic E-state index is 11.5. The molecule has 2 rings (SSSR count). The smallest absolute Gasteiger partial charge is 0.361 e. The van der Waals surface area contributed by atoms with Gasteiger partial charge < -0.3 is 24.0 Å². The lowest BCUT2D eigenvalue weighted by Crippen LogP contribution is -2.26. The lowest BCUT2D eigenvalue weighted by atomic mass is 10.2. The van der Waals surface area contributed by atoms with E-state index in [1.165, 1.54) is 12.1 Å². The molecule has 0 fully saturated rings. The first kappa shape index (κ1) is 15.2. The zero-order valence-corrected chi connectivity index (χ0v) is 12.0. The molecule has 0 radical (unpaired) electrons. The van der Waals surface area contributed by atoms with Gasteiger partial charge in [-0.3, -0.25) is 13.6 Å². The Hall–Kier alpha value is -1.22. The lowest BCUT2D eigenvalue weighted by molar-refractivity contribution is 0.387. The van der Waals surface area contributed by atoms with Gasteiger partial charge in [0.1, 0.15) is 5.30 Å². The molecule has 0 aliphatic carbocycles. The van der Waals surface area contributed by atoms with Gasteiger partial charge in [-0.2, -0.15) is 0 Å². The maximum Gasteiger partial charge on any atom is 0.361 e. The summed E-state index contributed by atoms with van der Waals surface area (Å²) in [6.45, 7) is 0. The number of halogens is 1. The molecule has 1 atom stereocenters. The number of hydrogen-bond donors (Lipinski definition) is 4. The quantitative estimate of drug-likeness (QED) is 0.465. The van der Waals surface area contributed by atoms with Crippen LogP contribution in [-0.2, 0) is 15.8 Å². The third kappa shape index (κ3) is 3.09. The molecule has 0 aliphatic rings. The molecule has 8 nitrogen and oxygen atoms in total. The molecule has 11 heteroatoms. The molecule has 0 saturated carbocycles. The minimum absolute atomic E-state index is 0.0243. The van der Waals surface area contributed by atoms with Crippen molar-refractivity contribution in [1.29, 1.82) is 0 Å². The van der Waals surface area contributed by atoms with Gasteiger partial charge in [0, 0.05) is 22.2 Å². The van der Waals surface area contributed by atoms with Crippen molar-refractivity contribution in [3.8, 4) is 0 Å². The first-order valence-electron chi connectivity index (χ1n) is 4.97. The predicted molar refractivity (Wildman–Crippen MR) is 73.8 cm³/mol. The number of fused-ring (bicyclic) bond motifs is 1. The van der Waals surface area contributed by atoms with Gasteiger partial charge in [-0.15, -0.1) is 0 Å². The fourth-order valence-electron chi connectivity index (χ4n) is 1.60. The number of anilines is 1. The van der Waals surface area contributed by atoms with Crippen molar-refractivity contribution in [2.75, 3.05) is 4.72 Å². The van der Waals surface area contributed by atoms with Crippen LogP contribution >= 0.6 is 19.2 Å². The summed E-state index contributed by atoms with van der Waals surface area (Å²) in [5, 5.41) is -0.455. The number of nitrogens with one attached hydrogen (secondary N) is 2. The van der Waals surface area contributed by atoms with Crippen LogP contribution in [0.4, 0.5) is 5.69 Å². The van der Waals surface area contributed by atoms with Crippen molar-refractivity contribution in [3.05, 3.63) is 33.6 Å². The average molecular weight is 338 g/mol. The first-order chi connectivity index (χ1) is 9.18. The van der Waals surface area contributed by atoms with Gasteiger partial charge in [-0.1, -0.05) is 11.6 Å². The van der Waals surface area contributed by atoms with Gasteiger partial charge in [0.05, 0.1) is 10.7 Å². The van der Waals surface area contributed by atoms with E-state index in [9.17, 15) is 18.1 Å². The Morgan fingerprint density at radius 3 is 2.55 bits per heavy atom. The van der Waals surface area contributed by atoms with Gasteiger partial charge in [0.25, 0.3) is 5.56 Å². The molecule has 0 amide bonds. The van der Waals surface area contributed by atoms with E-state index < -0.39 is 29.7 Å². The zero-order chi connectivity index (χ0) is 15.1. The Balaban J connectivity index is 2.73. The number of aromatic nitrogens is 1. The second-order valence-electron chi connectivity index (χ2n) is 3.78. The molecular weight excluding hydrogens is 331 g/mol. The SMILES string of the molecule is O=c1[nH]c2cc(Cl)c(NS(=O)[O-])cc2cc1P(=O)(O)O. The number of pyridine rings is 1. The van der Waals surface area contributed by atoms with Gasteiger partial charge >= 0.3 is 7.60 Å². The Morgan fingerprint density at radius 2 is 2.00 bits per heavy atom. The van der Waals surface area contributed by atoms with Crippen LogP contribution in [0.3, 0.4) is 0 Å². The highest BCUT2D eigenvalue weighted by molar-refractivity contribution is 7.80. The molecule has 1 aromatic carbocycles. The molecule has 1 heterocycles. The summed E-state index contributed by atoms with van der Waals surface area (Å²) in [7, 11) is -4.73. The Bertz CT molecular complexity index is 816. The molecule has 108 valence electrons. The van der Waals surface area contributed by atoms with Gasteiger partial charge in [-0.25, -0.2) is 0 Å². The van der Waals surface area contributed by atoms with E-state index in [0.717, 1.165) is 6.07 Å². The third-order valence-electron chi connectivity index (χ3n) is 2.42. The minimum atomic E-state index is -4.73. The van der Waals surface area contributed by atoms with Crippen LogP contribution in [0, 0.1) is 0 Å². The van der Waals surface area contributed by atoms with Gasteiger partial charge in [0.15, 0.2) is 0 Å². The molecule has 1 aromatic heterocycles. The number of aromatic amines is 1. The molecule has 1 unspecified atom stereocenters. The normalized spacial score (nSPS) is 13.4. The summed E-state index contributed by atoms with van der Waals surface area (Å²) in [4.78, 5) is 31.9. The molecule has 0 bridgehead atoms. The largest absolute Gasteiger partial charge is 0.755 e. The minimum Gasteiger partial charge on any atom is -0.755 e. The Morgan fingerprint density at radius 1 is 1.35 bits per heavy atom. The lowest BCUT2D eigenvalue weighted by Gasteiger charge is -2.12. The van der Waals surface area contributed by atoms with Gasteiger partial charge in [0.2, 0.25) is 0 Å². The molecule has 0 aliphatic heterocycles. The third-order valence-corrected chi connectivity index (χ3v) is 4.08. The maximum atomic E-state index is 11.5. The van der Waals surface area contributed by atoms with E-state index >= 15 is 0 Å². The van der Waals surface area contributed by atoms with Crippen LogP contribution in [0.2, 0.25) is 5.02 Å². The van der Waals surface area contributed by atoms with E-state index in [1.807, 2.05) is 4.72 Å². The highest BCUT2D eigenvalue weighted by Crippen LogP contribution is 2.33. The summed E-state index contributed by atoms with van der Waals surface area (Å²) >= 11 is 3.21. The molecule has 0 saturated heterocycles. The molecule has 0 spiro atoms. The number of H-pyrrole nitrogens is 1. The summed E-state index contributed by atoms with van der Waals surface area (Å²) < 4.78 is 34.4. The van der Waals surface area contributed by atoms with Crippen molar-refractivity contribution >= 4 is 52.4 Å². The summed E-state index contributed by atoms with van der Waals surface area (Å²) in [5.74, 6) is 0. The highest BCUT2D eigenvalue weighted by atomic mass is 35.5.